The Labute approximate surface area is 122 Å². The van der Waals surface area contributed by atoms with Gasteiger partial charge in [0.2, 0.25) is 0 Å². The quantitative estimate of drug-likeness (QED) is 0.642. The number of aliphatic imine (C=N–C) groups is 1. The van der Waals surface area contributed by atoms with Gasteiger partial charge in [-0.15, -0.1) is 0 Å². The molecule has 1 aromatic rings. The molecule has 0 spiro atoms. The monoisotopic (exact) mass is 277 g/mol. The summed E-state index contributed by atoms with van der Waals surface area (Å²) in [6.45, 7) is 9.17. The van der Waals surface area contributed by atoms with Gasteiger partial charge in [0.15, 0.2) is 5.96 Å². The highest BCUT2D eigenvalue weighted by Crippen LogP contribution is 2.12. The Morgan fingerprint density at radius 2 is 1.90 bits per heavy atom. The van der Waals surface area contributed by atoms with E-state index in [1.165, 1.54) is 0 Å². The van der Waals surface area contributed by atoms with E-state index in [-0.39, 0.29) is 11.6 Å². The van der Waals surface area contributed by atoms with Crippen LogP contribution in [0.2, 0.25) is 0 Å². The maximum atomic E-state index is 5.94. The summed E-state index contributed by atoms with van der Waals surface area (Å²) in [6.07, 6.45) is 1.06. The van der Waals surface area contributed by atoms with E-state index >= 15 is 0 Å². The second kappa shape index (κ2) is 7.78. The third-order valence-electron chi connectivity index (χ3n) is 2.72. The van der Waals surface area contributed by atoms with Crippen LogP contribution in [0.3, 0.4) is 0 Å². The molecule has 0 saturated carbocycles. The largest absolute Gasteiger partial charge is 0.489 e. The molecule has 1 rings (SSSR count). The molecule has 0 aliphatic rings. The van der Waals surface area contributed by atoms with Crippen LogP contribution in [0.1, 0.15) is 34.1 Å². The first-order valence-electron chi connectivity index (χ1n) is 7.15. The lowest BCUT2D eigenvalue weighted by atomic mass is 10.1. The van der Waals surface area contributed by atoms with Crippen molar-refractivity contribution < 1.29 is 4.74 Å². The molecule has 4 heteroatoms. The normalized spacial score (nSPS) is 13.8. The van der Waals surface area contributed by atoms with Gasteiger partial charge in [-0.05, 0) is 39.3 Å². The molecule has 4 nitrogen and oxygen atoms in total. The van der Waals surface area contributed by atoms with Crippen LogP contribution in [-0.2, 0) is 0 Å². The van der Waals surface area contributed by atoms with Crippen molar-refractivity contribution >= 4 is 5.96 Å². The number of guanidine groups is 1. The summed E-state index contributed by atoms with van der Waals surface area (Å²) in [4.78, 5) is 4.23. The predicted octanol–water partition coefficient (Wildman–Crippen LogP) is 2.81. The van der Waals surface area contributed by atoms with Crippen molar-refractivity contribution in [2.24, 2.45) is 4.99 Å². The van der Waals surface area contributed by atoms with Gasteiger partial charge in [0.25, 0.3) is 0 Å². The van der Waals surface area contributed by atoms with Crippen molar-refractivity contribution in [3.8, 4) is 5.75 Å². The molecular weight excluding hydrogens is 250 g/mol. The topological polar surface area (TPSA) is 45.7 Å². The zero-order valence-electron chi connectivity index (χ0n) is 13.2. The van der Waals surface area contributed by atoms with E-state index in [0.717, 1.165) is 24.7 Å². The van der Waals surface area contributed by atoms with Crippen molar-refractivity contribution in [1.82, 2.24) is 10.6 Å². The highest BCUT2D eigenvalue weighted by molar-refractivity contribution is 5.80. The van der Waals surface area contributed by atoms with Gasteiger partial charge in [-0.3, -0.25) is 4.99 Å². The number of hydrogen-bond donors (Lipinski definition) is 2. The maximum absolute atomic E-state index is 5.94. The van der Waals surface area contributed by atoms with E-state index in [1.54, 1.807) is 7.05 Å². The highest BCUT2D eigenvalue weighted by atomic mass is 16.5. The van der Waals surface area contributed by atoms with Gasteiger partial charge in [-0.1, -0.05) is 25.1 Å². The Balaban J connectivity index is 2.48. The average Bonchev–Trinajstić information content (AvgIpc) is 2.41. The van der Waals surface area contributed by atoms with Gasteiger partial charge in [0.05, 0.1) is 6.54 Å². The lowest BCUT2D eigenvalue weighted by molar-refractivity contribution is 0.199. The zero-order chi connectivity index (χ0) is 15.0. The molecular formula is C16H27N3O. The van der Waals surface area contributed by atoms with E-state index in [9.17, 15) is 0 Å². The first kappa shape index (κ1) is 16.3. The molecule has 0 aliphatic heterocycles. The van der Waals surface area contributed by atoms with Crippen LogP contribution >= 0.6 is 0 Å². The standard InChI is InChI=1S/C16H27N3O/c1-6-13(20-14-10-8-7-9-11-14)12-18-15(17-5)19-16(2,3)4/h7-11,13H,6,12H2,1-5H3,(H2,17,18,19). The van der Waals surface area contributed by atoms with Crippen LogP contribution in [0.4, 0.5) is 0 Å². The van der Waals surface area contributed by atoms with E-state index in [0.29, 0.717) is 0 Å². The van der Waals surface area contributed by atoms with Gasteiger partial charge in [-0.25, -0.2) is 0 Å². The Morgan fingerprint density at radius 1 is 1.25 bits per heavy atom. The molecule has 0 amide bonds. The van der Waals surface area contributed by atoms with Gasteiger partial charge in [0, 0.05) is 12.6 Å². The second-order valence-electron chi connectivity index (χ2n) is 5.79. The lowest BCUT2D eigenvalue weighted by Gasteiger charge is -2.25. The highest BCUT2D eigenvalue weighted by Gasteiger charge is 2.14. The molecule has 2 N–H and O–H groups in total. The Hall–Kier alpha value is -1.71. The Kier molecular flexibility index (Phi) is 6.36. The minimum atomic E-state index is -0.0101. The molecule has 0 aromatic heterocycles. The predicted molar refractivity (Wildman–Crippen MR) is 85.4 cm³/mol. The zero-order valence-corrected chi connectivity index (χ0v) is 13.2. The molecule has 20 heavy (non-hydrogen) atoms. The minimum absolute atomic E-state index is 0.0101. The molecule has 0 fully saturated rings. The lowest BCUT2D eigenvalue weighted by Crippen LogP contribution is -2.49. The molecule has 1 atom stereocenters. The number of nitrogens with one attached hydrogen (secondary N) is 2. The van der Waals surface area contributed by atoms with Crippen molar-refractivity contribution in [2.45, 2.75) is 45.8 Å². The fraction of sp³-hybridized carbons (Fsp3) is 0.562. The molecule has 0 bridgehead atoms. The molecule has 0 heterocycles. The van der Waals surface area contributed by atoms with Crippen LogP contribution in [0.15, 0.2) is 35.3 Å². The second-order valence-corrected chi connectivity index (χ2v) is 5.79. The van der Waals surface area contributed by atoms with Crippen LogP contribution < -0.4 is 15.4 Å². The summed E-state index contributed by atoms with van der Waals surface area (Å²) >= 11 is 0. The van der Waals surface area contributed by atoms with Crippen LogP contribution in [0, 0.1) is 0 Å². The summed E-state index contributed by atoms with van der Waals surface area (Å²) in [5.41, 5.74) is -0.0101. The minimum Gasteiger partial charge on any atom is -0.489 e. The summed E-state index contributed by atoms with van der Waals surface area (Å²) in [7, 11) is 1.78. The average molecular weight is 277 g/mol. The molecule has 112 valence electrons. The maximum Gasteiger partial charge on any atom is 0.191 e. The summed E-state index contributed by atoms with van der Waals surface area (Å²) < 4.78 is 5.94. The Morgan fingerprint density at radius 3 is 2.40 bits per heavy atom. The van der Waals surface area contributed by atoms with E-state index in [1.807, 2.05) is 30.3 Å². The van der Waals surface area contributed by atoms with E-state index in [4.69, 9.17) is 4.74 Å². The first-order valence-corrected chi connectivity index (χ1v) is 7.15. The Bertz CT molecular complexity index is 409. The smallest absolute Gasteiger partial charge is 0.191 e. The third-order valence-corrected chi connectivity index (χ3v) is 2.72. The van der Waals surface area contributed by atoms with Crippen molar-refractivity contribution in [3.05, 3.63) is 30.3 Å². The molecule has 1 unspecified atom stereocenters. The first-order chi connectivity index (χ1) is 9.44. The third kappa shape index (κ3) is 6.45. The fourth-order valence-corrected chi connectivity index (χ4v) is 1.71. The molecule has 0 aliphatic carbocycles. The van der Waals surface area contributed by atoms with Crippen LogP contribution in [-0.4, -0.2) is 31.2 Å². The molecule has 0 radical (unpaired) electrons. The summed E-state index contributed by atoms with van der Waals surface area (Å²) in [5.74, 6) is 1.70. The number of rotatable bonds is 5. The summed E-state index contributed by atoms with van der Waals surface area (Å²) in [6, 6.07) is 9.90. The van der Waals surface area contributed by atoms with Gasteiger partial charge in [0.1, 0.15) is 11.9 Å². The van der Waals surface area contributed by atoms with Crippen molar-refractivity contribution in [3.63, 3.8) is 0 Å². The number of hydrogen-bond acceptors (Lipinski definition) is 2. The van der Waals surface area contributed by atoms with Gasteiger partial charge < -0.3 is 15.4 Å². The van der Waals surface area contributed by atoms with Crippen molar-refractivity contribution in [2.75, 3.05) is 13.6 Å². The van der Waals surface area contributed by atoms with Crippen LogP contribution in [0.5, 0.6) is 5.75 Å². The molecule has 0 saturated heterocycles. The van der Waals surface area contributed by atoms with E-state index < -0.39 is 0 Å². The van der Waals surface area contributed by atoms with Crippen LogP contribution in [0.25, 0.3) is 0 Å². The SMILES string of the molecule is CCC(CNC(=NC)NC(C)(C)C)Oc1ccccc1. The number of para-hydroxylation sites is 1. The molecule has 1 aromatic carbocycles. The number of benzene rings is 1. The summed E-state index contributed by atoms with van der Waals surface area (Å²) in [5, 5.41) is 6.64. The number of nitrogens with zero attached hydrogens (tertiary/aromatic N) is 1. The van der Waals surface area contributed by atoms with Gasteiger partial charge in [-0.2, -0.15) is 0 Å². The number of ether oxygens (including phenoxy) is 1. The van der Waals surface area contributed by atoms with Gasteiger partial charge >= 0.3 is 0 Å². The van der Waals surface area contributed by atoms with Crippen molar-refractivity contribution in [1.29, 1.82) is 0 Å². The van der Waals surface area contributed by atoms with E-state index in [2.05, 4.69) is 43.3 Å². The fourth-order valence-electron chi connectivity index (χ4n) is 1.71.